The van der Waals surface area contributed by atoms with Gasteiger partial charge in [-0.2, -0.15) is 0 Å². The van der Waals surface area contributed by atoms with Gasteiger partial charge in [0.05, 0.1) is 5.69 Å². The monoisotopic (exact) mass is 323 g/mol. The zero-order valence-electron chi connectivity index (χ0n) is 12.1. The van der Waals surface area contributed by atoms with Crippen LogP contribution in [0.3, 0.4) is 0 Å². The standard InChI is InChI=1S/C17H13N3O2S/c21-15-4-2-10-7-11(1-3-13(10)19-15)14-9-23-17(20-14)12-5-6-18-16(22)8-12/h1,3,5-9H,2,4H2,(H,18,22)(H,19,21). The summed E-state index contributed by atoms with van der Waals surface area (Å²) in [6.45, 7) is 0. The molecule has 0 aliphatic carbocycles. The van der Waals surface area contributed by atoms with Crippen LogP contribution in [0.1, 0.15) is 12.0 Å². The number of amides is 1. The maximum atomic E-state index is 11.4. The number of aromatic amines is 1. The number of hydrogen-bond acceptors (Lipinski definition) is 4. The van der Waals surface area contributed by atoms with Gasteiger partial charge in [-0.25, -0.2) is 4.98 Å². The van der Waals surface area contributed by atoms with Crippen LogP contribution in [0.25, 0.3) is 21.8 Å². The van der Waals surface area contributed by atoms with Gasteiger partial charge in [-0.3, -0.25) is 9.59 Å². The zero-order valence-corrected chi connectivity index (χ0v) is 12.9. The zero-order chi connectivity index (χ0) is 15.8. The molecule has 0 saturated heterocycles. The first-order valence-corrected chi connectivity index (χ1v) is 8.15. The van der Waals surface area contributed by atoms with Crippen LogP contribution in [0.2, 0.25) is 0 Å². The number of H-pyrrole nitrogens is 1. The van der Waals surface area contributed by atoms with Crippen molar-refractivity contribution in [2.45, 2.75) is 12.8 Å². The third-order valence-corrected chi connectivity index (χ3v) is 4.71. The Labute approximate surface area is 136 Å². The normalized spacial score (nSPS) is 13.5. The van der Waals surface area contributed by atoms with Crippen LogP contribution >= 0.6 is 11.3 Å². The lowest BCUT2D eigenvalue weighted by atomic mass is 9.99. The van der Waals surface area contributed by atoms with Gasteiger partial charge in [0.25, 0.3) is 0 Å². The molecule has 0 bridgehead atoms. The van der Waals surface area contributed by atoms with Crippen molar-refractivity contribution in [3.63, 3.8) is 0 Å². The summed E-state index contributed by atoms with van der Waals surface area (Å²) in [6.07, 6.45) is 2.89. The molecule has 0 unspecified atom stereocenters. The summed E-state index contributed by atoms with van der Waals surface area (Å²) in [7, 11) is 0. The van der Waals surface area contributed by atoms with Crippen molar-refractivity contribution < 1.29 is 4.79 Å². The molecular formula is C17H13N3O2S. The van der Waals surface area contributed by atoms with Gasteiger partial charge in [0, 0.05) is 40.9 Å². The van der Waals surface area contributed by atoms with E-state index in [0.29, 0.717) is 6.42 Å². The molecule has 3 aromatic rings. The number of pyridine rings is 1. The number of aryl methyl sites for hydroxylation is 1. The molecule has 23 heavy (non-hydrogen) atoms. The number of aromatic nitrogens is 2. The highest BCUT2D eigenvalue weighted by atomic mass is 32.1. The Kier molecular flexibility index (Phi) is 3.31. The van der Waals surface area contributed by atoms with E-state index in [9.17, 15) is 9.59 Å². The Morgan fingerprint density at radius 3 is 2.83 bits per heavy atom. The predicted octanol–water partition coefficient (Wildman–Crippen LogP) is 3.05. The molecule has 0 spiro atoms. The van der Waals surface area contributed by atoms with Crippen LogP contribution in [0.15, 0.2) is 46.7 Å². The van der Waals surface area contributed by atoms with E-state index in [1.54, 1.807) is 12.3 Å². The number of anilines is 1. The molecule has 1 aromatic carbocycles. The summed E-state index contributed by atoms with van der Waals surface area (Å²) in [5, 5.41) is 5.68. The van der Waals surface area contributed by atoms with Gasteiger partial charge in [0.2, 0.25) is 11.5 Å². The van der Waals surface area contributed by atoms with E-state index >= 15 is 0 Å². The van der Waals surface area contributed by atoms with Gasteiger partial charge in [-0.1, -0.05) is 6.07 Å². The van der Waals surface area contributed by atoms with Crippen LogP contribution in [0.4, 0.5) is 5.69 Å². The van der Waals surface area contributed by atoms with E-state index in [1.807, 2.05) is 23.6 Å². The van der Waals surface area contributed by atoms with E-state index in [1.165, 1.54) is 11.3 Å². The molecule has 0 saturated carbocycles. The third kappa shape index (κ3) is 2.68. The minimum Gasteiger partial charge on any atom is -0.329 e. The number of nitrogens with one attached hydrogen (secondary N) is 2. The molecule has 0 atom stereocenters. The SMILES string of the molecule is O=C1CCc2cc(-c3csc(-c4cc[nH]c(=O)c4)n3)ccc2N1. The fourth-order valence-electron chi connectivity index (χ4n) is 2.66. The van der Waals surface area contributed by atoms with Crippen molar-refractivity contribution >= 4 is 22.9 Å². The first-order valence-electron chi connectivity index (χ1n) is 7.27. The van der Waals surface area contributed by atoms with E-state index in [4.69, 9.17) is 0 Å². The summed E-state index contributed by atoms with van der Waals surface area (Å²) in [4.78, 5) is 30.1. The van der Waals surface area contributed by atoms with Crippen molar-refractivity contribution in [3.8, 4) is 21.8 Å². The molecule has 2 N–H and O–H groups in total. The Morgan fingerprint density at radius 1 is 1.04 bits per heavy atom. The van der Waals surface area contributed by atoms with E-state index in [2.05, 4.69) is 21.4 Å². The number of benzene rings is 1. The van der Waals surface area contributed by atoms with Gasteiger partial charge in [-0.15, -0.1) is 11.3 Å². The lowest BCUT2D eigenvalue weighted by molar-refractivity contribution is -0.116. The Balaban J connectivity index is 1.69. The lowest BCUT2D eigenvalue weighted by Crippen LogP contribution is -2.18. The molecule has 2 aromatic heterocycles. The lowest BCUT2D eigenvalue weighted by Gasteiger charge is -2.17. The highest BCUT2D eigenvalue weighted by Gasteiger charge is 2.16. The maximum Gasteiger partial charge on any atom is 0.248 e. The fourth-order valence-corrected chi connectivity index (χ4v) is 3.49. The van der Waals surface area contributed by atoms with Crippen LogP contribution < -0.4 is 10.9 Å². The first kappa shape index (κ1) is 13.9. The molecular weight excluding hydrogens is 310 g/mol. The second-order valence-electron chi connectivity index (χ2n) is 5.40. The second-order valence-corrected chi connectivity index (χ2v) is 6.26. The molecule has 0 fully saturated rings. The minimum atomic E-state index is -0.135. The summed E-state index contributed by atoms with van der Waals surface area (Å²) in [6, 6.07) is 9.35. The van der Waals surface area contributed by atoms with E-state index in [0.717, 1.165) is 39.5 Å². The number of fused-ring (bicyclic) bond motifs is 1. The van der Waals surface area contributed by atoms with E-state index in [-0.39, 0.29) is 11.5 Å². The maximum absolute atomic E-state index is 11.4. The van der Waals surface area contributed by atoms with E-state index < -0.39 is 0 Å². The summed E-state index contributed by atoms with van der Waals surface area (Å²) < 4.78 is 0. The Hall–Kier alpha value is -2.73. The molecule has 0 radical (unpaired) electrons. The Morgan fingerprint density at radius 2 is 1.96 bits per heavy atom. The van der Waals surface area contributed by atoms with Gasteiger partial charge in [0.15, 0.2) is 0 Å². The summed E-state index contributed by atoms with van der Waals surface area (Å²) in [5.74, 6) is 0.0653. The predicted molar refractivity (Wildman–Crippen MR) is 90.6 cm³/mol. The molecule has 4 rings (SSSR count). The number of carbonyl (C=O) groups excluding carboxylic acids is 1. The first-order chi connectivity index (χ1) is 11.2. The van der Waals surface area contributed by atoms with Crippen molar-refractivity contribution in [1.29, 1.82) is 0 Å². The number of carbonyl (C=O) groups is 1. The van der Waals surface area contributed by atoms with Crippen LogP contribution in [0, 0.1) is 0 Å². The van der Waals surface area contributed by atoms with Gasteiger partial charge in [-0.05, 0) is 30.2 Å². The highest BCUT2D eigenvalue weighted by Crippen LogP contribution is 2.31. The highest BCUT2D eigenvalue weighted by molar-refractivity contribution is 7.13. The van der Waals surface area contributed by atoms with Crippen molar-refractivity contribution in [2.24, 2.45) is 0 Å². The van der Waals surface area contributed by atoms with Crippen molar-refractivity contribution in [2.75, 3.05) is 5.32 Å². The quantitative estimate of drug-likeness (QED) is 0.761. The summed E-state index contributed by atoms with van der Waals surface area (Å²) >= 11 is 1.51. The molecule has 5 nitrogen and oxygen atoms in total. The number of rotatable bonds is 2. The Bertz CT molecular complexity index is 958. The smallest absolute Gasteiger partial charge is 0.248 e. The second kappa shape index (κ2) is 5.48. The third-order valence-electron chi connectivity index (χ3n) is 3.82. The molecule has 114 valence electrons. The fraction of sp³-hybridized carbons (Fsp3) is 0.118. The number of nitrogens with zero attached hydrogens (tertiary/aromatic N) is 1. The van der Waals surface area contributed by atoms with Gasteiger partial charge < -0.3 is 10.3 Å². The average Bonchev–Trinajstić information content (AvgIpc) is 3.04. The van der Waals surface area contributed by atoms with Crippen molar-refractivity contribution in [1.82, 2.24) is 9.97 Å². The van der Waals surface area contributed by atoms with Gasteiger partial charge in [0.1, 0.15) is 5.01 Å². The van der Waals surface area contributed by atoms with Gasteiger partial charge >= 0.3 is 0 Å². The topological polar surface area (TPSA) is 74.8 Å². The number of hydrogen-bond donors (Lipinski definition) is 2. The van der Waals surface area contributed by atoms with Crippen molar-refractivity contribution in [3.05, 3.63) is 57.8 Å². The molecule has 3 heterocycles. The van der Waals surface area contributed by atoms with Crippen LogP contribution in [-0.2, 0) is 11.2 Å². The molecule has 1 aliphatic heterocycles. The molecule has 6 heteroatoms. The number of thiazole rings is 1. The van der Waals surface area contributed by atoms with Crippen LogP contribution in [0.5, 0.6) is 0 Å². The summed E-state index contributed by atoms with van der Waals surface area (Å²) in [5.41, 5.74) is 4.60. The minimum absolute atomic E-state index is 0.0653. The molecule has 1 aliphatic rings. The molecule has 1 amide bonds. The average molecular weight is 323 g/mol. The largest absolute Gasteiger partial charge is 0.329 e. The van der Waals surface area contributed by atoms with Crippen LogP contribution in [-0.4, -0.2) is 15.9 Å².